The first kappa shape index (κ1) is 19.6. The number of pyridine rings is 1. The van der Waals surface area contributed by atoms with Crippen LogP contribution in [-0.4, -0.2) is 61.7 Å². The molecule has 0 amide bonds. The van der Waals surface area contributed by atoms with E-state index in [9.17, 15) is 9.90 Å². The Morgan fingerprint density at radius 2 is 1.65 bits per heavy atom. The Kier molecular flexibility index (Phi) is 4.93. The number of hydrogen-bond donors (Lipinski definition) is 1. The molecule has 1 N–H and O–H groups in total. The van der Waals surface area contributed by atoms with Crippen LogP contribution in [0.25, 0.3) is 0 Å². The summed E-state index contributed by atoms with van der Waals surface area (Å²) in [4.78, 5) is 26.6. The summed E-state index contributed by atoms with van der Waals surface area (Å²) in [5, 5.41) is 9.89. The number of aliphatic hydroxyl groups excluding tert-OH is 1. The Hall–Kier alpha value is -2.09. The van der Waals surface area contributed by atoms with E-state index in [4.69, 9.17) is 0 Å². The topological polar surface area (TPSA) is 74.5 Å². The van der Waals surface area contributed by atoms with E-state index in [1.54, 1.807) is 6.33 Å². The zero-order chi connectivity index (χ0) is 20.9. The second-order valence-corrected chi connectivity index (χ2v) is 10.3. The van der Waals surface area contributed by atoms with Gasteiger partial charge in [-0.1, -0.05) is 6.07 Å². The largest absolute Gasteiger partial charge is 0.393 e. The maximum Gasteiger partial charge on any atom is 0.255 e. The van der Waals surface area contributed by atoms with Crippen LogP contribution in [-0.2, 0) is 19.6 Å². The molecule has 1 saturated carbocycles. The first-order valence-corrected chi connectivity index (χ1v) is 11.7. The molecule has 2 saturated heterocycles. The second-order valence-electron chi connectivity index (χ2n) is 10.3. The van der Waals surface area contributed by atoms with Gasteiger partial charge < -0.3 is 9.67 Å². The average molecular weight is 422 g/mol. The predicted molar refractivity (Wildman–Crippen MR) is 116 cm³/mol. The van der Waals surface area contributed by atoms with Crippen LogP contribution in [0.3, 0.4) is 0 Å². The molecular weight excluding hydrogens is 390 g/mol. The molecule has 6 rings (SSSR count). The van der Waals surface area contributed by atoms with E-state index in [1.807, 2.05) is 12.4 Å². The van der Waals surface area contributed by atoms with E-state index in [2.05, 4.69) is 36.5 Å². The normalized spacial score (nSPS) is 32.7. The SMILES string of the molecule is O=c1c(CN2C[C@H]3CC(O)C[C@H]3C2)ccc2n1C[C@H]1C[C@@H]2CN(Cc2cncnc2)C1. The molecule has 1 aliphatic carbocycles. The zero-order valence-corrected chi connectivity index (χ0v) is 17.9. The lowest BCUT2D eigenvalue weighted by atomic mass is 9.83. The molecule has 0 spiro atoms. The van der Waals surface area contributed by atoms with Gasteiger partial charge in [-0.15, -0.1) is 0 Å². The number of aliphatic hydroxyl groups is 1. The third-order valence-electron chi connectivity index (χ3n) is 7.97. The molecule has 2 bridgehead atoms. The van der Waals surface area contributed by atoms with Gasteiger partial charge in [0.05, 0.1) is 6.10 Å². The molecule has 0 radical (unpaired) electrons. The van der Waals surface area contributed by atoms with Crippen LogP contribution in [0.5, 0.6) is 0 Å². The number of hydrogen-bond acceptors (Lipinski definition) is 6. The molecule has 5 atom stereocenters. The minimum Gasteiger partial charge on any atom is -0.393 e. The van der Waals surface area contributed by atoms with Crippen LogP contribution in [0, 0.1) is 17.8 Å². The Balaban J connectivity index is 1.17. The highest BCUT2D eigenvalue weighted by Gasteiger charge is 2.40. The Morgan fingerprint density at radius 3 is 2.42 bits per heavy atom. The lowest BCUT2D eigenvalue weighted by molar-refractivity contribution is 0.114. The number of aromatic nitrogens is 3. The van der Waals surface area contributed by atoms with Gasteiger partial charge >= 0.3 is 0 Å². The summed E-state index contributed by atoms with van der Waals surface area (Å²) < 4.78 is 2.08. The summed E-state index contributed by atoms with van der Waals surface area (Å²) in [6, 6.07) is 4.30. The predicted octanol–water partition coefficient (Wildman–Crippen LogP) is 1.46. The van der Waals surface area contributed by atoms with E-state index >= 15 is 0 Å². The van der Waals surface area contributed by atoms with Crippen molar-refractivity contribution in [2.24, 2.45) is 17.8 Å². The zero-order valence-electron chi connectivity index (χ0n) is 17.9. The van der Waals surface area contributed by atoms with Crippen molar-refractivity contribution in [2.75, 3.05) is 26.2 Å². The van der Waals surface area contributed by atoms with Gasteiger partial charge in [0.2, 0.25) is 0 Å². The highest BCUT2D eigenvalue weighted by molar-refractivity contribution is 5.23. The van der Waals surface area contributed by atoms with Gasteiger partial charge in [0.15, 0.2) is 0 Å². The molecule has 2 aromatic rings. The van der Waals surface area contributed by atoms with Gasteiger partial charge in [-0.2, -0.15) is 0 Å². The Bertz CT molecular complexity index is 995. The van der Waals surface area contributed by atoms with Gasteiger partial charge in [-0.05, 0) is 43.1 Å². The maximum atomic E-state index is 13.4. The minimum atomic E-state index is -0.111. The molecule has 4 aliphatic rings. The number of fused-ring (bicyclic) bond motifs is 5. The third-order valence-corrected chi connectivity index (χ3v) is 7.97. The Morgan fingerprint density at radius 1 is 0.903 bits per heavy atom. The highest BCUT2D eigenvalue weighted by atomic mass is 16.3. The summed E-state index contributed by atoms with van der Waals surface area (Å²) in [5.74, 6) is 2.16. The highest BCUT2D eigenvalue weighted by Crippen LogP contribution is 2.39. The number of likely N-dealkylation sites (tertiary alicyclic amines) is 2. The molecule has 3 aliphatic heterocycles. The quantitative estimate of drug-likeness (QED) is 0.806. The van der Waals surface area contributed by atoms with Gasteiger partial charge in [0.25, 0.3) is 5.56 Å². The summed E-state index contributed by atoms with van der Waals surface area (Å²) >= 11 is 0. The number of nitrogens with zero attached hydrogens (tertiary/aromatic N) is 5. The standard InChI is InChI=1S/C24H31N5O2/c30-22-4-19-12-28(13-20(19)5-22)11-18-1-2-23-21-3-16(10-29(23)24(18)31)8-27(14-21)9-17-6-25-15-26-7-17/h1-2,6-7,15-16,19-22,30H,3-5,8-14H2/t16-,19-,20+,21+,22?/m0/s1. The van der Waals surface area contributed by atoms with Gasteiger partial charge in [0.1, 0.15) is 6.33 Å². The molecule has 3 fully saturated rings. The Labute approximate surface area is 182 Å². The van der Waals surface area contributed by atoms with Crippen molar-refractivity contribution >= 4 is 0 Å². The molecule has 5 heterocycles. The third kappa shape index (κ3) is 3.73. The molecule has 7 heteroatoms. The van der Waals surface area contributed by atoms with Crippen LogP contribution in [0.4, 0.5) is 0 Å². The number of piperidine rings is 1. The van der Waals surface area contributed by atoms with E-state index in [0.29, 0.717) is 23.7 Å². The average Bonchev–Trinajstić information content (AvgIpc) is 3.28. The molecule has 31 heavy (non-hydrogen) atoms. The summed E-state index contributed by atoms with van der Waals surface area (Å²) in [7, 11) is 0. The van der Waals surface area contributed by atoms with Gasteiger partial charge in [-0.3, -0.25) is 14.6 Å². The van der Waals surface area contributed by atoms with Crippen molar-refractivity contribution in [3.8, 4) is 0 Å². The van der Waals surface area contributed by atoms with Crippen LogP contribution in [0.2, 0.25) is 0 Å². The lowest BCUT2D eigenvalue weighted by Crippen LogP contribution is -2.47. The van der Waals surface area contributed by atoms with Crippen LogP contribution in [0.1, 0.15) is 42.0 Å². The monoisotopic (exact) mass is 421 g/mol. The van der Waals surface area contributed by atoms with Crippen LogP contribution >= 0.6 is 0 Å². The fourth-order valence-corrected chi connectivity index (χ4v) is 6.74. The first-order valence-electron chi connectivity index (χ1n) is 11.7. The van der Waals surface area contributed by atoms with Gasteiger partial charge in [-0.25, -0.2) is 9.97 Å². The van der Waals surface area contributed by atoms with Crippen LogP contribution < -0.4 is 5.56 Å². The van der Waals surface area contributed by atoms with Crippen molar-refractivity contribution in [2.45, 2.75) is 50.9 Å². The van der Waals surface area contributed by atoms with Crippen molar-refractivity contribution in [3.63, 3.8) is 0 Å². The van der Waals surface area contributed by atoms with E-state index in [0.717, 1.165) is 69.8 Å². The van der Waals surface area contributed by atoms with E-state index in [1.165, 1.54) is 12.1 Å². The van der Waals surface area contributed by atoms with E-state index in [-0.39, 0.29) is 11.7 Å². The fraction of sp³-hybridized carbons (Fsp3) is 0.625. The van der Waals surface area contributed by atoms with Gasteiger partial charge in [0, 0.05) is 80.9 Å². The summed E-state index contributed by atoms with van der Waals surface area (Å²) in [5.41, 5.74) is 3.51. The lowest BCUT2D eigenvalue weighted by Gasteiger charge is -2.43. The van der Waals surface area contributed by atoms with Crippen molar-refractivity contribution < 1.29 is 5.11 Å². The van der Waals surface area contributed by atoms with Crippen molar-refractivity contribution in [1.29, 1.82) is 0 Å². The van der Waals surface area contributed by atoms with Crippen LogP contribution in [0.15, 0.2) is 35.6 Å². The smallest absolute Gasteiger partial charge is 0.255 e. The fourth-order valence-electron chi connectivity index (χ4n) is 6.74. The molecule has 0 aromatic carbocycles. The minimum absolute atomic E-state index is 0.111. The van der Waals surface area contributed by atoms with E-state index < -0.39 is 0 Å². The maximum absolute atomic E-state index is 13.4. The molecule has 164 valence electrons. The second kappa shape index (κ2) is 7.80. The first-order chi connectivity index (χ1) is 15.1. The molecular formula is C24H31N5O2. The van der Waals surface area contributed by atoms with Crippen molar-refractivity contribution in [1.82, 2.24) is 24.3 Å². The summed E-state index contributed by atoms with van der Waals surface area (Å²) in [6.07, 6.45) is 8.30. The molecule has 2 aromatic heterocycles. The summed E-state index contributed by atoms with van der Waals surface area (Å²) in [6.45, 7) is 6.51. The van der Waals surface area contributed by atoms with Crippen molar-refractivity contribution in [3.05, 3.63) is 58.0 Å². The molecule has 1 unspecified atom stereocenters. The number of rotatable bonds is 4. The molecule has 7 nitrogen and oxygen atoms in total.